The molecule has 0 unspecified atom stereocenters. The Morgan fingerprint density at radius 2 is 2.12 bits per heavy atom. The van der Waals surface area contributed by atoms with Gasteiger partial charge in [0.1, 0.15) is 0 Å². The lowest BCUT2D eigenvalue weighted by Gasteiger charge is -2.25. The lowest BCUT2D eigenvalue weighted by Crippen LogP contribution is -2.25. The Kier molecular flexibility index (Phi) is 2.94. The normalized spacial score (nSPS) is 19.1. The summed E-state index contributed by atoms with van der Waals surface area (Å²) in [7, 11) is 0. The molecule has 88 valence electrons. The third kappa shape index (κ3) is 2.07. The van der Waals surface area contributed by atoms with E-state index in [1.807, 2.05) is 0 Å². The molecule has 0 radical (unpaired) electrons. The van der Waals surface area contributed by atoms with Gasteiger partial charge < -0.3 is 10.6 Å². The minimum absolute atomic E-state index is 0.439. The summed E-state index contributed by atoms with van der Waals surface area (Å²) in [6.07, 6.45) is 1.27. The van der Waals surface area contributed by atoms with Gasteiger partial charge in [0.05, 0.1) is 0 Å². The van der Waals surface area contributed by atoms with Gasteiger partial charge in [-0.3, -0.25) is 0 Å². The molecule has 2 heteroatoms. The first-order chi connectivity index (χ1) is 7.53. The highest BCUT2D eigenvalue weighted by atomic mass is 15.2. The van der Waals surface area contributed by atoms with Crippen molar-refractivity contribution < 1.29 is 0 Å². The van der Waals surface area contributed by atoms with E-state index in [1.54, 1.807) is 0 Å². The first-order valence-corrected chi connectivity index (χ1v) is 6.07. The van der Waals surface area contributed by atoms with Crippen molar-refractivity contribution in [3.63, 3.8) is 0 Å². The summed E-state index contributed by atoms with van der Waals surface area (Å²) in [5, 5.41) is 0. The van der Waals surface area contributed by atoms with Crippen LogP contribution in [0.1, 0.15) is 31.4 Å². The lowest BCUT2D eigenvalue weighted by molar-refractivity contribution is 0.418. The van der Waals surface area contributed by atoms with Crippen molar-refractivity contribution in [1.29, 1.82) is 0 Å². The molecular weight excluding hydrogens is 196 g/mol. The number of aryl methyl sites for hydroxylation is 1. The van der Waals surface area contributed by atoms with E-state index in [1.165, 1.54) is 23.2 Å². The van der Waals surface area contributed by atoms with E-state index in [0.717, 1.165) is 13.1 Å². The van der Waals surface area contributed by atoms with Gasteiger partial charge in [-0.15, -0.1) is 0 Å². The van der Waals surface area contributed by atoms with E-state index in [0.29, 0.717) is 12.0 Å². The molecule has 0 aromatic heterocycles. The third-order valence-electron chi connectivity index (χ3n) is 3.53. The SMILES string of the molecule is Cc1cccc(CN)c1N1CCC(C)(C)C1. The predicted molar refractivity (Wildman–Crippen MR) is 69.7 cm³/mol. The van der Waals surface area contributed by atoms with E-state index in [4.69, 9.17) is 5.73 Å². The number of para-hydroxylation sites is 1. The van der Waals surface area contributed by atoms with E-state index in [9.17, 15) is 0 Å². The molecule has 2 nitrogen and oxygen atoms in total. The molecule has 0 atom stereocenters. The maximum absolute atomic E-state index is 5.83. The second-order valence-corrected chi connectivity index (χ2v) is 5.62. The minimum Gasteiger partial charge on any atom is -0.371 e. The largest absolute Gasteiger partial charge is 0.371 e. The Balaban J connectivity index is 2.34. The predicted octanol–water partition coefficient (Wildman–Crippen LogP) is 2.69. The van der Waals surface area contributed by atoms with Gasteiger partial charge in [0.25, 0.3) is 0 Å². The van der Waals surface area contributed by atoms with E-state index < -0.39 is 0 Å². The summed E-state index contributed by atoms with van der Waals surface area (Å²) < 4.78 is 0. The molecule has 0 bridgehead atoms. The smallest absolute Gasteiger partial charge is 0.0441 e. The monoisotopic (exact) mass is 218 g/mol. The van der Waals surface area contributed by atoms with Gasteiger partial charge in [0, 0.05) is 25.3 Å². The van der Waals surface area contributed by atoms with E-state index in [-0.39, 0.29) is 0 Å². The lowest BCUT2D eigenvalue weighted by atomic mass is 9.93. The molecule has 2 N–H and O–H groups in total. The first kappa shape index (κ1) is 11.5. The van der Waals surface area contributed by atoms with Gasteiger partial charge in [-0.1, -0.05) is 32.0 Å². The quantitative estimate of drug-likeness (QED) is 0.827. The summed E-state index contributed by atoms with van der Waals surface area (Å²) in [5.41, 5.74) is 10.3. The fourth-order valence-electron chi connectivity index (χ4n) is 2.64. The van der Waals surface area contributed by atoms with Crippen LogP contribution in [0.2, 0.25) is 0 Å². The zero-order chi connectivity index (χ0) is 11.8. The van der Waals surface area contributed by atoms with Crippen molar-refractivity contribution >= 4 is 5.69 Å². The fraction of sp³-hybridized carbons (Fsp3) is 0.571. The van der Waals surface area contributed by atoms with Crippen LogP contribution in [0.25, 0.3) is 0 Å². The second-order valence-electron chi connectivity index (χ2n) is 5.62. The summed E-state index contributed by atoms with van der Waals surface area (Å²) in [6.45, 7) is 9.80. The zero-order valence-corrected chi connectivity index (χ0v) is 10.6. The molecule has 1 fully saturated rings. The molecule has 2 rings (SSSR count). The first-order valence-electron chi connectivity index (χ1n) is 6.07. The van der Waals surface area contributed by atoms with Gasteiger partial charge in [0.15, 0.2) is 0 Å². The Morgan fingerprint density at radius 3 is 2.69 bits per heavy atom. The van der Waals surface area contributed by atoms with Crippen molar-refractivity contribution in [3.8, 4) is 0 Å². The molecule has 0 saturated carbocycles. The average molecular weight is 218 g/mol. The molecule has 0 spiro atoms. The van der Waals surface area contributed by atoms with Crippen molar-refractivity contribution in [3.05, 3.63) is 29.3 Å². The van der Waals surface area contributed by atoms with Gasteiger partial charge in [0.2, 0.25) is 0 Å². The van der Waals surface area contributed by atoms with E-state index >= 15 is 0 Å². The van der Waals surface area contributed by atoms with Gasteiger partial charge in [-0.25, -0.2) is 0 Å². The molecule has 0 aliphatic carbocycles. The minimum atomic E-state index is 0.439. The summed E-state index contributed by atoms with van der Waals surface area (Å²) in [5.74, 6) is 0. The third-order valence-corrected chi connectivity index (χ3v) is 3.53. The van der Waals surface area contributed by atoms with Gasteiger partial charge >= 0.3 is 0 Å². The number of hydrogen-bond donors (Lipinski definition) is 1. The van der Waals surface area contributed by atoms with Gasteiger partial charge in [-0.2, -0.15) is 0 Å². The van der Waals surface area contributed by atoms with Crippen molar-refractivity contribution in [2.45, 2.75) is 33.7 Å². The molecule has 1 aliphatic heterocycles. The Labute approximate surface area is 98.4 Å². The number of hydrogen-bond acceptors (Lipinski definition) is 2. The molecule has 1 saturated heterocycles. The van der Waals surface area contributed by atoms with Crippen LogP contribution in [-0.4, -0.2) is 13.1 Å². The number of anilines is 1. The van der Waals surface area contributed by atoms with Crippen molar-refractivity contribution in [1.82, 2.24) is 0 Å². The average Bonchev–Trinajstić information content (AvgIpc) is 2.58. The maximum Gasteiger partial charge on any atom is 0.0441 e. The highest BCUT2D eigenvalue weighted by Crippen LogP contribution is 2.35. The molecule has 16 heavy (non-hydrogen) atoms. The second kappa shape index (κ2) is 4.10. The maximum atomic E-state index is 5.83. The summed E-state index contributed by atoms with van der Waals surface area (Å²) in [6, 6.07) is 6.43. The molecule has 1 aromatic rings. The Bertz CT molecular complexity index is 382. The number of benzene rings is 1. The van der Waals surface area contributed by atoms with Crippen LogP contribution < -0.4 is 10.6 Å². The molecule has 1 aliphatic rings. The van der Waals surface area contributed by atoms with Crippen molar-refractivity contribution in [2.24, 2.45) is 11.1 Å². The molecule has 1 heterocycles. The van der Waals surface area contributed by atoms with Crippen LogP contribution in [0.5, 0.6) is 0 Å². The van der Waals surface area contributed by atoms with Crippen LogP contribution in [0, 0.1) is 12.3 Å². The highest BCUT2D eigenvalue weighted by molar-refractivity contribution is 5.60. The number of nitrogens with two attached hydrogens (primary N) is 1. The molecule has 0 amide bonds. The van der Waals surface area contributed by atoms with Crippen molar-refractivity contribution in [2.75, 3.05) is 18.0 Å². The van der Waals surface area contributed by atoms with Crippen LogP contribution in [0.15, 0.2) is 18.2 Å². The topological polar surface area (TPSA) is 29.3 Å². The number of rotatable bonds is 2. The Morgan fingerprint density at radius 1 is 1.38 bits per heavy atom. The fourth-order valence-corrected chi connectivity index (χ4v) is 2.64. The number of nitrogens with zero attached hydrogens (tertiary/aromatic N) is 1. The molecule has 1 aromatic carbocycles. The van der Waals surface area contributed by atoms with Crippen LogP contribution >= 0.6 is 0 Å². The van der Waals surface area contributed by atoms with E-state index in [2.05, 4.69) is 43.9 Å². The summed E-state index contributed by atoms with van der Waals surface area (Å²) >= 11 is 0. The highest BCUT2D eigenvalue weighted by Gasteiger charge is 2.30. The zero-order valence-electron chi connectivity index (χ0n) is 10.6. The molecular formula is C14H22N2. The van der Waals surface area contributed by atoms with Gasteiger partial charge in [-0.05, 0) is 29.9 Å². The van der Waals surface area contributed by atoms with Crippen LogP contribution in [-0.2, 0) is 6.54 Å². The standard InChI is InChI=1S/C14H22N2/c1-11-5-4-6-12(9-15)13(11)16-8-7-14(2,3)10-16/h4-6H,7-10,15H2,1-3H3. The van der Waals surface area contributed by atoms with Crippen LogP contribution in [0.4, 0.5) is 5.69 Å². The Hall–Kier alpha value is -1.02. The van der Waals surface area contributed by atoms with Crippen LogP contribution in [0.3, 0.4) is 0 Å². The summed E-state index contributed by atoms with van der Waals surface area (Å²) in [4.78, 5) is 2.50.